The second-order valence-corrected chi connectivity index (χ2v) is 11.0. The molecule has 0 bridgehead atoms. The molecule has 0 aliphatic heterocycles. The summed E-state index contributed by atoms with van der Waals surface area (Å²) >= 11 is 0. The fourth-order valence-electron chi connectivity index (χ4n) is 6.97. The van der Waals surface area contributed by atoms with Gasteiger partial charge in [0.25, 0.3) is 0 Å². The summed E-state index contributed by atoms with van der Waals surface area (Å²) in [6, 6.07) is 55.0. The second kappa shape index (κ2) is 8.95. The minimum Gasteiger partial charge on any atom is -0.315 e. The molecular formula is C40H26N2. The maximum Gasteiger partial charge on any atom is 0.0788 e. The summed E-state index contributed by atoms with van der Waals surface area (Å²) in [6.45, 7) is 0. The number of aromatic nitrogens is 2. The Morgan fingerprint density at radius 2 is 0.952 bits per heavy atom. The third-order valence-corrected chi connectivity index (χ3v) is 8.71. The van der Waals surface area contributed by atoms with E-state index in [4.69, 9.17) is 0 Å². The Morgan fingerprint density at radius 3 is 1.64 bits per heavy atom. The number of hydrogen-bond donors (Lipinski definition) is 0. The minimum absolute atomic E-state index is 1.16. The summed E-state index contributed by atoms with van der Waals surface area (Å²) in [6.07, 6.45) is 2.20. The van der Waals surface area contributed by atoms with Crippen molar-refractivity contribution in [2.24, 2.45) is 0 Å². The number of hydrogen-bond acceptors (Lipinski definition) is 0. The van der Waals surface area contributed by atoms with Gasteiger partial charge in [0.15, 0.2) is 0 Å². The lowest BCUT2D eigenvalue weighted by molar-refractivity contribution is 1.12. The molecule has 2 heterocycles. The number of para-hydroxylation sites is 2. The molecule has 7 aromatic carbocycles. The smallest absolute Gasteiger partial charge is 0.0788 e. The van der Waals surface area contributed by atoms with Gasteiger partial charge in [-0.05, 0) is 46.2 Å². The van der Waals surface area contributed by atoms with Crippen LogP contribution in [0.2, 0.25) is 0 Å². The summed E-state index contributed by atoms with van der Waals surface area (Å²) in [4.78, 5) is 0. The standard InChI is InChI=1S/C40H26N2/c1-3-13-27(14-4-1)37-31-18-7-9-20-33(31)39(34-21-10-8-19-32(34)37)42-36-22-12-11-17-30(36)35-24-23-28-25-26-41(38(28)40(35)42)29-15-5-2-6-16-29/h1-26H. The Bertz CT molecular complexity index is 2390. The van der Waals surface area contributed by atoms with Gasteiger partial charge >= 0.3 is 0 Å². The van der Waals surface area contributed by atoms with E-state index >= 15 is 0 Å². The molecule has 0 fully saturated rings. The Labute approximate surface area is 243 Å². The van der Waals surface area contributed by atoms with E-state index in [0.717, 1.165) is 5.69 Å². The molecule has 0 aliphatic carbocycles. The van der Waals surface area contributed by atoms with Crippen LogP contribution in [0.3, 0.4) is 0 Å². The number of fused-ring (bicyclic) bond motifs is 7. The van der Waals surface area contributed by atoms with Crippen molar-refractivity contribution in [3.8, 4) is 22.5 Å². The second-order valence-electron chi connectivity index (χ2n) is 11.0. The van der Waals surface area contributed by atoms with E-state index in [9.17, 15) is 0 Å². The molecule has 0 spiro atoms. The van der Waals surface area contributed by atoms with Crippen LogP contribution in [0.5, 0.6) is 0 Å². The van der Waals surface area contributed by atoms with Crippen LogP contribution in [0.1, 0.15) is 0 Å². The third-order valence-electron chi connectivity index (χ3n) is 8.71. The lowest BCUT2D eigenvalue weighted by Gasteiger charge is -2.20. The average molecular weight is 535 g/mol. The normalized spacial score (nSPS) is 11.8. The van der Waals surface area contributed by atoms with Crippen LogP contribution in [-0.2, 0) is 0 Å². The molecule has 9 rings (SSSR count). The predicted molar refractivity (Wildman–Crippen MR) is 178 cm³/mol. The quantitative estimate of drug-likeness (QED) is 0.200. The van der Waals surface area contributed by atoms with Gasteiger partial charge in [0.05, 0.1) is 22.2 Å². The zero-order chi connectivity index (χ0) is 27.6. The molecule has 0 amide bonds. The molecule has 0 atom stereocenters. The van der Waals surface area contributed by atoms with Crippen molar-refractivity contribution >= 4 is 54.3 Å². The third kappa shape index (κ3) is 3.21. The van der Waals surface area contributed by atoms with E-state index in [1.165, 1.54) is 71.1 Å². The Morgan fingerprint density at radius 1 is 0.381 bits per heavy atom. The molecule has 0 radical (unpaired) electrons. The molecule has 0 saturated carbocycles. The summed E-state index contributed by atoms with van der Waals surface area (Å²) in [5.74, 6) is 0. The topological polar surface area (TPSA) is 9.86 Å². The summed E-state index contributed by atoms with van der Waals surface area (Å²) in [5, 5.41) is 8.75. The molecule has 0 aliphatic rings. The molecule has 196 valence electrons. The van der Waals surface area contributed by atoms with Crippen LogP contribution in [0, 0.1) is 0 Å². The fourth-order valence-corrected chi connectivity index (χ4v) is 6.97. The maximum absolute atomic E-state index is 2.53. The molecular weight excluding hydrogens is 508 g/mol. The SMILES string of the molecule is c1ccc(-c2c3ccccc3c(-n3c4ccccc4c4ccc5ccn(-c6ccccc6)c5c43)c3ccccc23)cc1. The van der Waals surface area contributed by atoms with Crippen LogP contribution >= 0.6 is 0 Å². The highest BCUT2D eigenvalue weighted by Gasteiger charge is 2.22. The Hall–Kier alpha value is -5.60. The van der Waals surface area contributed by atoms with Crippen LogP contribution in [0.15, 0.2) is 158 Å². The Kier molecular flexibility index (Phi) is 4.93. The van der Waals surface area contributed by atoms with Gasteiger partial charge in [-0.3, -0.25) is 0 Å². The molecule has 0 saturated heterocycles. The number of benzene rings is 7. The summed E-state index contributed by atoms with van der Waals surface area (Å²) in [7, 11) is 0. The average Bonchev–Trinajstić information content (AvgIpc) is 3.64. The van der Waals surface area contributed by atoms with Crippen molar-refractivity contribution in [2.45, 2.75) is 0 Å². The molecule has 2 heteroatoms. The van der Waals surface area contributed by atoms with Gasteiger partial charge in [0.2, 0.25) is 0 Å². The molecule has 42 heavy (non-hydrogen) atoms. The van der Waals surface area contributed by atoms with Gasteiger partial charge in [-0.15, -0.1) is 0 Å². The van der Waals surface area contributed by atoms with E-state index < -0.39 is 0 Å². The van der Waals surface area contributed by atoms with Crippen molar-refractivity contribution in [1.29, 1.82) is 0 Å². The van der Waals surface area contributed by atoms with Crippen molar-refractivity contribution < 1.29 is 0 Å². The molecule has 0 N–H and O–H groups in total. The van der Waals surface area contributed by atoms with Crippen molar-refractivity contribution in [3.63, 3.8) is 0 Å². The van der Waals surface area contributed by atoms with Gasteiger partial charge in [-0.2, -0.15) is 0 Å². The van der Waals surface area contributed by atoms with Gasteiger partial charge in [-0.1, -0.05) is 127 Å². The largest absolute Gasteiger partial charge is 0.315 e. The van der Waals surface area contributed by atoms with Gasteiger partial charge in [-0.25, -0.2) is 0 Å². The van der Waals surface area contributed by atoms with Crippen molar-refractivity contribution in [3.05, 3.63) is 158 Å². The first kappa shape index (κ1) is 23.1. The minimum atomic E-state index is 1.16. The first-order valence-electron chi connectivity index (χ1n) is 14.5. The summed E-state index contributed by atoms with van der Waals surface area (Å²) < 4.78 is 4.88. The monoisotopic (exact) mass is 534 g/mol. The van der Waals surface area contributed by atoms with Crippen LogP contribution < -0.4 is 0 Å². The van der Waals surface area contributed by atoms with E-state index in [1.54, 1.807) is 0 Å². The molecule has 2 aromatic heterocycles. The predicted octanol–water partition coefficient (Wildman–Crippen LogP) is 10.7. The highest BCUT2D eigenvalue weighted by atomic mass is 15.0. The maximum atomic E-state index is 2.53. The van der Waals surface area contributed by atoms with Gasteiger partial charge < -0.3 is 9.13 Å². The van der Waals surface area contributed by atoms with Crippen LogP contribution in [-0.4, -0.2) is 9.13 Å². The van der Waals surface area contributed by atoms with E-state index in [0.29, 0.717) is 0 Å². The number of nitrogens with zero attached hydrogens (tertiary/aromatic N) is 2. The van der Waals surface area contributed by atoms with E-state index in [-0.39, 0.29) is 0 Å². The van der Waals surface area contributed by atoms with E-state index in [1.807, 2.05) is 0 Å². The Balaban J connectivity index is 1.54. The first-order chi connectivity index (χ1) is 20.9. The van der Waals surface area contributed by atoms with Crippen molar-refractivity contribution in [2.75, 3.05) is 0 Å². The fraction of sp³-hybridized carbons (Fsp3) is 0. The van der Waals surface area contributed by atoms with Gasteiger partial charge in [0, 0.05) is 38.8 Å². The molecule has 9 aromatic rings. The highest BCUT2D eigenvalue weighted by Crippen LogP contribution is 2.45. The highest BCUT2D eigenvalue weighted by molar-refractivity contribution is 6.23. The van der Waals surface area contributed by atoms with Crippen LogP contribution in [0.25, 0.3) is 76.8 Å². The molecule has 2 nitrogen and oxygen atoms in total. The van der Waals surface area contributed by atoms with E-state index in [2.05, 4.69) is 167 Å². The zero-order valence-electron chi connectivity index (χ0n) is 22.9. The molecule has 0 unspecified atom stereocenters. The lowest BCUT2D eigenvalue weighted by atomic mass is 9.90. The van der Waals surface area contributed by atoms with Crippen molar-refractivity contribution in [1.82, 2.24) is 9.13 Å². The number of rotatable bonds is 3. The zero-order valence-corrected chi connectivity index (χ0v) is 22.9. The first-order valence-corrected chi connectivity index (χ1v) is 14.5. The lowest BCUT2D eigenvalue weighted by Crippen LogP contribution is -2.01. The summed E-state index contributed by atoms with van der Waals surface area (Å²) in [5.41, 5.74) is 8.55. The van der Waals surface area contributed by atoms with Crippen LogP contribution in [0.4, 0.5) is 0 Å². The van der Waals surface area contributed by atoms with Gasteiger partial charge in [0.1, 0.15) is 0 Å².